The second-order valence-electron chi connectivity index (χ2n) is 6.34. The molecule has 1 heterocycles. The zero-order chi connectivity index (χ0) is 20.7. The molecule has 0 spiro atoms. The van der Waals surface area contributed by atoms with Crippen LogP contribution in [0.25, 0.3) is 0 Å². The Kier molecular flexibility index (Phi) is 5.19. The Hall–Kier alpha value is -2.47. The molecule has 1 aromatic heterocycles. The smallest absolute Gasteiger partial charge is 0.416 e. The lowest BCUT2D eigenvalue weighted by Crippen LogP contribution is -2.31. The Morgan fingerprint density at radius 3 is 2.68 bits per heavy atom. The van der Waals surface area contributed by atoms with Crippen LogP contribution in [0, 0.1) is 5.82 Å². The Morgan fingerprint density at radius 1 is 1.32 bits per heavy atom. The van der Waals surface area contributed by atoms with Gasteiger partial charge in [-0.15, -0.1) is 0 Å². The van der Waals surface area contributed by atoms with E-state index in [1.54, 1.807) is 0 Å². The lowest BCUT2D eigenvalue weighted by Gasteiger charge is -2.24. The predicted molar refractivity (Wildman–Crippen MR) is 87.3 cm³/mol. The van der Waals surface area contributed by atoms with Gasteiger partial charge in [-0.1, -0.05) is 0 Å². The molecular weight excluding hydrogens is 406 g/mol. The highest BCUT2D eigenvalue weighted by Crippen LogP contribution is 2.33. The van der Waals surface area contributed by atoms with E-state index >= 15 is 0 Å². The van der Waals surface area contributed by atoms with Gasteiger partial charge < -0.3 is 5.11 Å². The maximum absolute atomic E-state index is 13.6. The molecular formula is C16H15F4N3O4S. The summed E-state index contributed by atoms with van der Waals surface area (Å²) in [6, 6.07) is 0.278. The molecule has 0 radical (unpaired) electrons. The fourth-order valence-corrected chi connectivity index (χ4v) is 4.45. The summed E-state index contributed by atoms with van der Waals surface area (Å²) in [4.78, 5) is 10.1. The number of carboxylic acids is 1. The van der Waals surface area contributed by atoms with Crippen molar-refractivity contribution in [2.75, 3.05) is 0 Å². The van der Waals surface area contributed by atoms with Gasteiger partial charge in [0.2, 0.25) is 10.0 Å². The minimum absolute atomic E-state index is 0.216. The number of aromatic nitrogens is 2. The number of halogens is 4. The Balaban J connectivity index is 1.92. The summed E-state index contributed by atoms with van der Waals surface area (Å²) < 4.78 is 80.8. The van der Waals surface area contributed by atoms with E-state index in [9.17, 15) is 30.8 Å². The molecule has 1 aliphatic rings. The minimum atomic E-state index is -4.90. The number of nitrogens with one attached hydrogen (secondary N) is 1. The molecule has 0 saturated carbocycles. The van der Waals surface area contributed by atoms with Crippen molar-refractivity contribution in [3.8, 4) is 0 Å². The molecule has 1 aromatic carbocycles. The van der Waals surface area contributed by atoms with Crippen molar-refractivity contribution in [2.45, 2.75) is 42.9 Å². The van der Waals surface area contributed by atoms with Gasteiger partial charge in [0.1, 0.15) is 12.4 Å². The molecule has 3 rings (SSSR count). The van der Waals surface area contributed by atoms with Crippen molar-refractivity contribution < 1.29 is 35.9 Å². The summed E-state index contributed by atoms with van der Waals surface area (Å²) >= 11 is 0. The van der Waals surface area contributed by atoms with E-state index in [1.807, 2.05) is 0 Å². The third-order valence-electron chi connectivity index (χ3n) is 4.35. The summed E-state index contributed by atoms with van der Waals surface area (Å²) in [7, 11) is -4.47. The SMILES string of the molecule is O=C(O)Cn1ncc2c1CCC[C@H]2NS(=O)(=O)c1cc(F)cc(C(F)(F)F)c1. The van der Waals surface area contributed by atoms with E-state index in [-0.39, 0.29) is 6.07 Å². The first-order valence-electron chi connectivity index (χ1n) is 8.14. The largest absolute Gasteiger partial charge is 0.480 e. The maximum Gasteiger partial charge on any atom is 0.416 e. The fraction of sp³-hybridized carbons (Fsp3) is 0.375. The number of benzene rings is 1. The third-order valence-corrected chi connectivity index (χ3v) is 5.81. The van der Waals surface area contributed by atoms with Gasteiger partial charge >= 0.3 is 12.1 Å². The number of alkyl halides is 3. The van der Waals surface area contributed by atoms with Crippen molar-refractivity contribution in [1.82, 2.24) is 14.5 Å². The van der Waals surface area contributed by atoms with Gasteiger partial charge in [-0.3, -0.25) is 9.48 Å². The fourth-order valence-electron chi connectivity index (χ4n) is 3.14. The van der Waals surface area contributed by atoms with E-state index in [0.29, 0.717) is 42.7 Å². The van der Waals surface area contributed by atoms with Gasteiger partial charge in [0.15, 0.2) is 0 Å². The van der Waals surface area contributed by atoms with Crippen molar-refractivity contribution in [1.29, 1.82) is 0 Å². The number of aliphatic carboxylic acids is 1. The van der Waals surface area contributed by atoms with Crippen LogP contribution in [0.15, 0.2) is 29.3 Å². The first-order valence-corrected chi connectivity index (χ1v) is 9.62. The van der Waals surface area contributed by atoms with Crippen LogP contribution in [0.1, 0.15) is 35.7 Å². The highest BCUT2D eigenvalue weighted by atomic mass is 32.2. The molecule has 0 unspecified atom stereocenters. The van der Waals surface area contributed by atoms with Gasteiger partial charge in [0.05, 0.1) is 22.7 Å². The highest BCUT2D eigenvalue weighted by molar-refractivity contribution is 7.89. The van der Waals surface area contributed by atoms with Crippen LogP contribution in [0.2, 0.25) is 0 Å². The average molecular weight is 421 g/mol. The molecule has 2 N–H and O–H groups in total. The lowest BCUT2D eigenvalue weighted by molar-refractivity contribution is -0.138. The molecule has 0 bridgehead atoms. The molecule has 1 atom stereocenters. The molecule has 0 aliphatic heterocycles. The predicted octanol–water partition coefficient (Wildman–Crippen LogP) is 2.48. The summed E-state index contributed by atoms with van der Waals surface area (Å²) in [5.74, 6) is -2.44. The number of nitrogens with zero attached hydrogens (tertiary/aromatic N) is 2. The Bertz CT molecular complexity index is 1020. The van der Waals surface area contributed by atoms with Crippen LogP contribution < -0.4 is 4.72 Å². The molecule has 1 aliphatic carbocycles. The van der Waals surface area contributed by atoms with E-state index in [0.717, 1.165) is 0 Å². The second-order valence-corrected chi connectivity index (χ2v) is 8.05. The monoisotopic (exact) mass is 421 g/mol. The van der Waals surface area contributed by atoms with E-state index in [4.69, 9.17) is 5.11 Å². The molecule has 12 heteroatoms. The number of hydrogen-bond donors (Lipinski definition) is 2. The summed E-state index contributed by atoms with van der Waals surface area (Å²) in [5, 5.41) is 12.8. The number of carbonyl (C=O) groups is 1. The standard InChI is InChI=1S/C16H15F4N3O4S/c17-10-4-9(16(18,19)20)5-11(6-10)28(26,27)22-13-2-1-3-14-12(13)7-21-23(14)8-15(24)25/h4-7,13,22H,1-3,8H2,(H,24,25)/t13-/m1/s1. The van der Waals surface area contributed by atoms with Crippen molar-refractivity contribution in [3.05, 3.63) is 47.0 Å². The first-order chi connectivity index (χ1) is 13.0. The first kappa shape index (κ1) is 20.3. The van der Waals surface area contributed by atoms with E-state index in [1.165, 1.54) is 10.9 Å². The Morgan fingerprint density at radius 2 is 2.04 bits per heavy atom. The quantitative estimate of drug-likeness (QED) is 0.723. The molecule has 7 nitrogen and oxygen atoms in total. The zero-order valence-corrected chi connectivity index (χ0v) is 15.0. The van der Waals surface area contributed by atoms with Gasteiger partial charge in [-0.05, 0) is 37.5 Å². The van der Waals surface area contributed by atoms with Crippen molar-refractivity contribution >= 4 is 16.0 Å². The van der Waals surface area contributed by atoms with Crippen LogP contribution in [-0.4, -0.2) is 29.3 Å². The van der Waals surface area contributed by atoms with E-state index < -0.39 is 51.0 Å². The van der Waals surface area contributed by atoms with Gasteiger partial charge in [-0.2, -0.15) is 18.3 Å². The summed E-state index contributed by atoms with van der Waals surface area (Å²) in [6.45, 7) is -0.395. The number of carboxylic acid groups (broad SMARTS) is 1. The third kappa shape index (κ3) is 4.17. The van der Waals surface area contributed by atoms with Crippen LogP contribution in [0.5, 0.6) is 0 Å². The molecule has 28 heavy (non-hydrogen) atoms. The molecule has 2 aromatic rings. The van der Waals surface area contributed by atoms with Gasteiger partial charge in [0, 0.05) is 11.3 Å². The van der Waals surface area contributed by atoms with Crippen LogP contribution in [0.4, 0.5) is 17.6 Å². The van der Waals surface area contributed by atoms with Crippen molar-refractivity contribution in [3.63, 3.8) is 0 Å². The lowest BCUT2D eigenvalue weighted by atomic mass is 9.94. The summed E-state index contributed by atoms with van der Waals surface area (Å²) in [5.41, 5.74) is -0.424. The van der Waals surface area contributed by atoms with E-state index in [2.05, 4.69) is 9.82 Å². The number of fused-ring (bicyclic) bond motifs is 1. The number of rotatable bonds is 5. The van der Waals surface area contributed by atoms with Crippen LogP contribution in [0.3, 0.4) is 0 Å². The topological polar surface area (TPSA) is 101 Å². The van der Waals surface area contributed by atoms with Crippen LogP contribution >= 0.6 is 0 Å². The summed E-state index contributed by atoms with van der Waals surface area (Å²) in [6.07, 6.45) is -2.23. The van der Waals surface area contributed by atoms with Gasteiger partial charge in [0.25, 0.3) is 0 Å². The number of sulfonamides is 1. The molecule has 0 fully saturated rings. The van der Waals surface area contributed by atoms with Gasteiger partial charge in [-0.25, -0.2) is 17.5 Å². The maximum atomic E-state index is 13.6. The highest BCUT2D eigenvalue weighted by Gasteiger charge is 2.34. The number of hydrogen-bond acceptors (Lipinski definition) is 4. The molecule has 0 amide bonds. The average Bonchev–Trinajstić information content (AvgIpc) is 2.97. The Labute approximate surface area is 157 Å². The van der Waals surface area contributed by atoms with Crippen molar-refractivity contribution in [2.24, 2.45) is 0 Å². The second kappa shape index (κ2) is 7.17. The molecule has 0 saturated heterocycles. The normalized spacial score (nSPS) is 17.4. The minimum Gasteiger partial charge on any atom is -0.480 e. The van der Waals surface area contributed by atoms with Crippen LogP contribution in [-0.2, 0) is 34.0 Å². The zero-order valence-electron chi connectivity index (χ0n) is 14.2. The molecule has 152 valence electrons.